The summed E-state index contributed by atoms with van der Waals surface area (Å²) in [6.07, 6.45) is 1.57. The van der Waals surface area contributed by atoms with Crippen LogP contribution >= 0.6 is 0 Å². The van der Waals surface area contributed by atoms with Gasteiger partial charge < -0.3 is 9.47 Å². The maximum Gasteiger partial charge on any atom is 0.263 e. The Bertz CT molecular complexity index is 1050. The highest BCUT2D eigenvalue weighted by Crippen LogP contribution is 2.30. The van der Waals surface area contributed by atoms with Crippen molar-refractivity contribution in [1.82, 2.24) is 9.78 Å². The fourth-order valence-electron chi connectivity index (χ4n) is 2.49. The van der Waals surface area contributed by atoms with E-state index in [1.165, 1.54) is 49.2 Å². The van der Waals surface area contributed by atoms with E-state index in [4.69, 9.17) is 9.47 Å². The third kappa shape index (κ3) is 4.20. The number of nitrogens with zero attached hydrogens (tertiary/aromatic N) is 2. The summed E-state index contributed by atoms with van der Waals surface area (Å²) < 4.78 is 53.0. The number of rotatable bonds is 7. The van der Waals surface area contributed by atoms with Crippen LogP contribution in [-0.4, -0.2) is 32.4 Å². The Balaban J connectivity index is 1.79. The van der Waals surface area contributed by atoms with Crippen LogP contribution < -0.4 is 14.2 Å². The second-order valence-electron chi connectivity index (χ2n) is 5.61. The normalized spacial score (nSPS) is 11.2. The van der Waals surface area contributed by atoms with Gasteiger partial charge in [0.15, 0.2) is 17.3 Å². The first-order valence-electron chi connectivity index (χ1n) is 7.94. The first-order chi connectivity index (χ1) is 12.9. The zero-order chi connectivity index (χ0) is 19.4. The van der Waals surface area contributed by atoms with Gasteiger partial charge in [-0.15, -0.1) is 0 Å². The van der Waals surface area contributed by atoms with Crippen LogP contribution in [-0.2, 0) is 16.6 Å². The number of nitrogens with one attached hydrogen (secondary N) is 1. The van der Waals surface area contributed by atoms with Crippen molar-refractivity contribution < 1.29 is 22.3 Å². The van der Waals surface area contributed by atoms with E-state index in [0.717, 1.165) is 0 Å². The Hall–Kier alpha value is -3.07. The van der Waals surface area contributed by atoms with Crippen molar-refractivity contribution in [3.63, 3.8) is 0 Å². The first kappa shape index (κ1) is 18.7. The summed E-state index contributed by atoms with van der Waals surface area (Å²) in [7, 11) is -0.987. The SMILES string of the molecule is COc1ccc(S(=O)(=O)Nc2ccn(Cc3ccccc3F)n2)cc1OC. The minimum absolute atomic E-state index is 0.00352. The molecule has 0 aliphatic heterocycles. The predicted molar refractivity (Wildman–Crippen MR) is 98.1 cm³/mol. The van der Waals surface area contributed by atoms with Crippen LogP contribution in [0.3, 0.4) is 0 Å². The highest BCUT2D eigenvalue weighted by atomic mass is 32.2. The lowest BCUT2D eigenvalue weighted by atomic mass is 10.2. The van der Waals surface area contributed by atoms with E-state index >= 15 is 0 Å². The summed E-state index contributed by atoms with van der Waals surface area (Å²) in [5, 5.41) is 4.14. The molecule has 0 fully saturated rings. The van der Waals surface area contributed by atoms with Gasteiger partial charge in [0.2, 0.25) is 0 Å². The van der Waals surface area contributed by atoms with E-state index in [-0.39, 0.29) is 23.1 Å². The maximum absolute atomic E-state index is 13.7. The van der Waals surface area contributed by atoms with Crippen LogP contribution in [0.1, 0.15) is 5.56 Å². The molecular weight excluding hydrogens is 373 g/mol. The van der Waals surface area contributed by atoms with E-state index in [1.807, 2.05) is 0 Å². The van der Waals surface area contributed by atoms with Gasteiger partial charge in [-0.1, -0.05) is 18.2 Å². The Morgan fingerprint density at radius 2 is 1.81 bits per heavy atom. The second kappa shape index (κ2) is 7.67. The fourth-order valence-corrected chi connectivity index (χ4v) is 3.50. The van der Waals surface area contributed by atoms with Gasteiger partial charge in [0, 0.05) is 23.9 Å². The molecule has 9 heteroatoms. The van der Waals surface area contributed by atoms with Gasteiger partial charge in [-0.05, 0) is 18.2 Å². The summed E-state index contributed by atoms with van der Waals surface area (Å²) in [5.74, 6) is 0.498. The topological polar surface area (TPSA) is 82.5 Å². The molecule has 27 heavy (non-hydrogen) atoms. The lowest BCUT2D eigenvalue weighted by Gasteiger charge is -2.10. The van der Waals surface area contributed by atoms with E-state index in [1.54, 1.807) is 24.4 Å². The van der Waals surface area contributed by atoms with Crippen molar-refractivity contribution >= 4 is 15.8 Å². The van der Waals surface area contributed by atoms with Crippen molar-refractivity contribution in [3.05, 3.63) is 66.1 Å². The average molecular weight is 391 g/mol. The molecule has 0 saturated heterocycles. The highest BCUT2D eigenvalue weighted by Gasteiger charge is 2.18. The lowest BCUT2D eigenvalue weighted by Crippen LogP contribution is -2.14. The van der Waals surface area contributed by atoms with Crippen LogP contribution in [0.5, 0.6) is 11.5 Å². The molecule has 142 valence electrons. The summed E-state index contributed by atoms with van der Waals surface area (Å²) >= 11 is 0. The number of hydrogen-bond donors (Lipinski definition) is 1. The van der Waals surface area contributed by atoms with Gasteiger partial charge in [0.25, 0.3) is 10.0 Å². The Kier molecular flexibility index (Phi) is 5.31. The van der Waals surface area contributed by atoms with Crippen molar-refractivity contribution in [1.29, 1.82) is 0 Å². The van der Waals surface area contributed by atoms with Gasteiger partial charge in [0.05, 0.1) is 25.7 Å². The van der Waals surface area contributed by atoms with Crippen LogP contribution in [0.2, 0.25) is 0 Å². The summed E-state index contributed by atoms with van der Waals surface area (Å²) in [4.78, 5) is 0.00352. The van der Waals surface area contributed by atoms with Crippen molar-refractivity contribution in [2.24, 2.45) is 0 Å². The number of sulfonamides is 1. The third-order valence-corrected chi connectivity index (χ3v) is 5.19. The maximum atomic E-state index is 13.7. The molecule has 1 N–H and O–H groups in total. The quantitative estimate of drug-likeness (QED) is 0.670. The molecule has 0 bridgehead atoms. The molecular formula is C18H18FN3O4S. The van der Waals surface area contributed by atoms with Gasteiger partial charge in [-0.3, -0.25) is 9.40 Å². The largest absolute Gasteiger partial charge is 0.493 e. The molecule has 0 unspecified atom stereocenters. The number of hydrogen-bond acceptors (Lipinski definition) is 5. The number of aromatic nitrogens is 2. The minimum atomic E-state index is -3.87. The Morgan fingerprint density at radius 3 is 2.52 bits per heavy atom. The number of methoxy groups -OCH3 is 2. The van der Waals surface area contributed by atoms with E-state index in [9.17, 15) is 12.8 Å². The summed E-state index contributed by atoms with van der Waals surface area (Å²) in [6.45, 7) is 0.185. The van der Waals surface area contributed by atoms with Crippen molar-refractivity contribution in [2.45, 2.75) is 11.4 Å². The van der Waals surface area contributed by atoms with Gasteiger partial charge in [0.1, 0.15) is 5.82 Å². The van der Waals surface area contributed by atoms with Gasteiger partial charge in [-0.2, -0.15) is 5.10 Å². The van der Waals surface area contributed by atoms with Crippen molar-refractivity contribution in [2.75, 3.05) is 18.9 Å². The average Bonchev–Trinajstić information content (AvgIpc) is 3.09. The molecule has 0 amide bonds. The van der Waals surface area contributed by atoms with Gasteiger partial charge >= 0.3 is 0 Å². The molecule has 1 aromatic heterocycles. The monoisotopic (exact) mass is 391 g/mol. The first-order valence-corrected chi connectivity index (χ1v) is 9.43. The molecule has 1 heterocycles. The molecule has 0 saturated carbocycles. The summed E-state index contributed by atoms with van der Waals surface area (Å²) in [6, 6.07) is 12.1. The number of ether oxygens (including phenoxy) is 2. The Morgan fingerprint density at radius 1 is 1.07 bits per heavy atom. The standard InChI is InChI=1S/C18H18FN3O4S/c1-25-16-8-7-14(11-17(16)26-2)27(23,24)21-18-9-10-22(20-18)12-13-5-3-4-6-15(13)19/h3-11H,12H2,1-2H3,(H,20,21). The fraction of sp³-hybridized carbons (Fsp3) is 0.167. The van der Waals surface area contributed by atoms with Crippen LogP contribution in [0.15, 0.2) is 59.6 Å². The molecule has 7 nitrogen and oxygen atoms in total. The molecule has 3 rings (SSSR count). The second-order valence-corrected chi connectivity index (χ2v) is 7.29. The van der Waals surface area contributed by atoms with E-state index in [0.29, 0.717) is 17.1 Å². The van der Waals surface area contributed by atoms with E-state index < -0.39 is 10.0 Å². The summed E-state index contributed by atoms with van der Waals surface area (Å²) in [5.41, 5.74) is 0.454. The smallest absolute Gasteiger partial charge is 0.263 e. The molecule has 2 aromatic carbocycles. The molecule has 0 radical (unpaired) electrons. The number of anilines is 1. The molecule has 3 aromatic rings. The zero-order valence-corrected chi connectivity index (χ0v) is 15.5. The molecule has 0 spiro atoms. The van der Waals surface area contributed by atoms with E-state index in [2.05, 4.69) is 9.82 Å². The third-order valence-electron chi connectivity index (χ3n) is 3.84. The van der Waals surface area contributed by atoms with Crippen LogP contribution in [0, 0.1) is 5.82 Å². The lowest BCUT2D eigenvalue weighted by molar-refractivity contribution is 0.354. The minimum Gasteiger partial charge on any atom is -0.493 e. The van der Waals surface area contributed by atoms with Crippen molar-refractivity contribution in [3.8, 4) is 11.5 Å². The highest BCUT2D eigenvalue weighted by molar-refractivity contribution is 7.92. The molecule has 0 aliphatic rings. The van der Waals surface area contributed by atoms with Gasteiger partial charge in [-0.25, -0.2) is 12.8 Å². The number of halogens is 1. The number of benzene rings is 2. The van der Waals surface area contributed by atoms with Crippen LogP contribution in [0.4, 0.5) is 10.2 Å². The Labute approximate surface area is 156 Å². The molecule has 0 aliphatic carbocycles. The predicted octanol–water partition coefficient (Wildman–Crippen LogP) is 2.89. The molecule has 0 atom stereocenters. The zero-order valence-electron chi connectivity index (χ0n) is 14.7. The van der Waals surface area contributed by atoms with Crippen LogP contribution in [0.25, 0.3) is 0 Å².